The van der Waals surface area contributed by atoms with E-state index in [0.29, 0.717) is 18.9 Å². The van der Waals surface area contributed by atoms with Gasteiger partial charge in [-0.15, -0.1) is 5.75 Å². The average Bonchev–Trinajstić information content (AvgIpc) is 2.75. The normalized spacial score (nSPS) is 21.9. The van der Waals surface area contributed by atoms with Gasteiger partial charge in [0.1, 0.15) is 0 Å². The Kier molecular flexibility index (Phi) is 10.0. The third kappa shape index (κ3) is 6.95. The zero-order valence-corrected chi connectivity index (χ0v) is 21.1. The second-order valence-corrected chi connectivity index (χ2v) is 8.83. The maximum absolute atomic E-state index is 12.7. The van der Waals surface area contributed by atoms with Gasteiger partial charge in [-0.05, 0) is 41.8 Å². The summed E-state index contributed by atoms with van der Waals surface area (Å²) < 4.78 is 0. The molecule has 0 saturated carbocycles. The summed E-state index contributed by atoms with van der Waals surface area (Å²) >= 11 is 0. The number of benzene rings is 2. The molecule has 1 saturated heterocycles. The van der Waals surface area contributed by atoms with Crippen LogP contribution in [-0.4, -0.2) is 80.7 Å². The largest absolute Gasteiger partial charge is 2.00 e. The quantitative estimate of drug-likeness (QED) is 0.583. The van der Waals surface area contributed by atoms with Gasteiger partial charge in [0.05, 0.1) is 18.4 Å². The summed E-state index contributed by atoms with van der Waals surface area (Å²) in [4.78, 5) is 25.8. The van der Waals surface area contributed by atoms with E-state index in [0.717, 1.165) is 30.6 Å². The number of piperidine rings is 1. The van der Waals surface area contributed by atoms with Crippen LogP contribution in [0.1, 0.15) is 31.4 Å². The number of likely N-dealkylation sites (tertiary alicyclic amines) is 1. The maximum atomic E-state index is 12.7. The van der Waals surface area contributed by atoms with E-state index in [1.54, 1.807) is 12.1 Å². The number of carbonyl (C=O) groups is 2. The zero-order valence-electron chi connectivity index (χ0n) is 18.9. The van der Waals surface area contributed by atoms with Crippen LogP contribution in [0.15, 0.2) is 54.6 Å². The first-order valence-electron chi connectivity index (χ1n) is 10.8. The third-order valence-corrected chi connectivity index (χ3v) is 6.64. The molecule has 7 heteroatoms. The topological polar surface area (TPSA) is 95.5 Å². The predicted molar refractivity (Wildman–Crippen MR) is 121 cm³/mol. The monoisotopic (exact) mass is 462 g/mol. The second-order valence-electron chi connectivity index (χ2n) is 8.83. The fourth-order valence-corrected chi connectivity index (χ4v) is 4.52. The van der Waals surface area contributed by atoms with Crippen LogP contribution in [0.25, 0.3) is 0 Å². The van der Waals surface area contributed by atoms with Gasteiger partial charge in [-0.1, -0.05) is 68.4 Å². The van der Waals surface area contributed by atoms with Crippen LogP contribution in [-0.2, 0) is 21.4 Å². The van der Waals surface area contributed by atoms with Crippen molar-refractivity contribution in [3.63, 3.8) is 0 Å². The molecule has 0 aliphatic carbocycles. The smallest absolute Gasteiger partial charge is 0.872 e. The van der Waals surface area contributed by atoms with Gasteiger partial charge >= 0.3 is 37.7 Å². The number of amides is 1. The van der Waals surface area contributed by atoms with Crippen molar-refractivity contribution in [2.45, 2.75) is 32.1 Å². The second kappa shape index (κ2) is 12.0. The molecule has 166 valence electrons. The molecular formula is C25H30CaN2O4. The number of carbonyl (C=O) groups excluding carboxylic acids is 2. The standard InChI is InChI=1S/C25H32N2O4.Ca/c1-18-16-27(12-11-25(18,2)21-9-6-10-22(28)14-21)17-20(24(31)26-15-23(29)30)13-19-7-4-3-5-8-19;/h3-10,14,18,20,28H,11-13,15-17H2,1-2H3,(H,26,31)(H,29,30);/q;+2/p-2/t18-,20-,25+;/m0./s1. The molecule has 2 aromatic rings. The molecule has 1 heterocycles. The van der Waals surface area contributed by atoms with E-state index in [2.05, 4.69) is 24.1 Å². The molecular weight excluding hydrogens is 432 g/mol. The number of carboxylic acids is 1. The van der Waals surface area contributed by atoms with Gasteiger partial charge < -0.3 is 25.2 Å². The summed E-state index contributed by atoms with van der Waals surface area (Å²) in [5, 5.41) is 25.1. The molecule has 1 N–H and O–H groups in total. The summed E-state index contributed by atoms with van der Waals surface area (Å²) in [6.07, 6.45) is 1.43. The molecule has 0 unspecified atom stereocenters. The summed E-state index contributed by atoms with van der Waals surface area (Å²) in [6.45, 7) is 6.07. The Hall–Kier alpha value is -1.60. The van der Waals surface area contributed by atoms with Gasteiger partial charge in [0.15, 0.2) is 0 Å². The van der Waals surface area contributed by atoms with Crippen molar-refractivity contribution < 1.29 is 19.8 Å². The minimum Gasteiger partial charge on any atom is -0.872 e. The van der Waals surface area contributed by atoms with E-state index in [1.165, 1.54) is 0 Å². The first-order chi connectivity index (χ1) is 14.8. The summed E-state index contributed by atoms with van der Waals surface area (Å²) in [6, 6.07) is 16.9. The van der Waals surface area contributed by atoms with Crippen molar-refractivity contribution in [2.24, 2.45) is 11.8 Å². The van der Waals surface area contributed by atoms with Crippen LogP contribution in [0.4, 0.5) is 0 Å². The molecule has 2 aromatic carbocycles. The number of rotatable bonds is 8. The Bertz CT molecular complexity index is 908. The Morgan fingerprint density at radius 2 is 1.91 bits per heavy atom. The maximum Gasteiger partial charge on any atom is 2.00 e. The first-order valence-corrected chi connectivity index (χ1v) is 10.8. The molecule has 0 aromatic heterocycles. The Balaban J connectivity index is 0.00000363. The molecule has 0 radical (unpaired) electrons. The summed E-state index contributed by atoms with van der Waals surface area (Å²) in [5.74, 6) is -1.60. The molecule has 3 atom stereocenters. The van der Waals surface area contributed by atoms with Gasteiger partial charge in [-0.2, -0.15) is 0 Å². The number of aliphatic carboxylic acids is 1. The fraction of sp³-hybridized carbons (Fsp3) is 0.440. The minimum atomic E-state index is -1.30. The van der Waals surface area contributed by atoms with Crippen molar-refractivity contribution in [2.75, 3.05) is 26.2 Å². The first kappa shape index (κ1) is 26.7. The Labute approximate surface area is 220 Å². The molecule has 0 bridgehead atoms. The van der Waals surface area contributed by atoms with Crippen molar-refractivity contribution in [1.29, 1.82) is 0 Å². The molecule has 6 nitrogen and oxygen atoms in total. The van der Waals surface area contributed by atoms with Crippen LogP contribution < -0.4 is 15.5 Å². The van der Waals surface area contributed by atoms with Crippen molar-refractivity contribution in [3.8, 4) is 5.75 Å². The van der Waals surface area contributed by atoms with E-state index in [-0.39, 0.29) is 60.7 Å². The van der Waals surface area contributed by atoms with Crippen LogP contribution in [0.5, 0.6) is 5.75 Å². The van der Waals surface area contributed by atoms with Gasteiger partial charge in [0.2, 0.25) is 5.91 Å². The van der Waals surface area contributed by atoms with Crippen molar-refractivity contribution >= 4 is 49.6 Å². The molecule has 1 fully saturated rings. The van der Waals surface area contributed by atoms with E-state index in [1.807, 2.05) is 42.5 Å². The molecule has 1 aliphatic heterocycles. The Morgan fingerprint density at radius 3 is 2.53 bits per heavy atom. The average molecular weight is 463 g/mol. The predicted octanol–water partition coefficient (Wildman–Crippen LogP) is 0.704. The fourth-order valence-electron chi connectivity index (χ4n) is 4.52. The molecule has 32 heavy (non-hydrogen) atoms. The van der Waals surface area contributed by atoms with E-state index >= 15 is 0 Å². The van der Waals surface area contributed by atoms with E-state index < -0.39 is 12.5 Å². The summed E-state index contributed by atoms with van der Waals surface area (Å²) in [7, 11) is 0. The summed E-state index contributed by atoms with van der Waals surface area (Å²) in [5.41, 5.74) is 2.02. The van der Waals surface area contributed by atoms with Gasteiger partial charge in [-0.3, -0.25) is 4.79 Å². The number of carboxylic acid groups (broad SMARTS) is 1. The number of nitrogens with zero attached hydrogens (tertiary/aromatic N) is 1. The van der Waals surface area contributed by atoms with Crippen LogP contribution in [0, 0.1) is 11.8 Å². The van der Waals surface area contributed by atoms with Gasteiger partial charge in [0.25, 0.3) is 0 Å². The van der Waals surface area contributed by atoms with Crippen molar-refractivity contribution in [3.05, 3.63) is 65.7 Å². The number of hydrogen-bond donors (Lipinski definition) is 1. The number of hydrogen-bond acceptors (Lipinski definition) is 5. The molecule has 3 rings (SSSR count). The van der Waals surface area contributed by atoms with Gasteiger partial charge in [0, 0.05) is 13.1 Å². The molecule has 1 amide bonds. The zero-order chi connectivity index (χ0) is 22.4. The van der Waals surface area contributed by atoms with Crippen LogP contribution in [0.2, 0.25) is 0 Å². The van der Waals surface area contributed by atoms with E-state index in [4.69, 9.17) is 0 Å². The molecule has 1 aliphatic rings. The van der Waals surface area contributed by atoms with Gasteiger partial charge in [-0.25, -0.2) is 0 Å². The van der Waals surface area contributed by atoms with Crippen molar-refractivity contribution in [1.82, 2.24) is 10.2 Å². The van der Waals surface area contributed by atoms with E-state index in [9.17, 15) is 19.8 Å². The minimum absolute atomic E-state index is 0. The SMILES string of the molecule is C[C@H]1CN(C[C@H](Cc2ccccc2)C(=O)NCC(=O)[O-])CC[C@@]1(C)c1cccc([O-])c1.[Ca+2]. The third-order valence-electron chi connectivity index (χ3n) is 6.64. The Morgan fingerprint density at radius 1 is 1.19 bits per heavy atom. The number of nitrogens with one attached hydrogen (secondary N) is 1. The molecule has 0 spiro atoms. The van der Waals surface area contributed by atoms with Crippen LogP contribution >= 0.6 is 0 Å². The van der Waals surface area contributed by atoms with Crippen LogP contribution in [0.3, 0.4) is 0 Å².